The number of hydrogen-bond acceptors (Lipinski definition) is 2. The molecular weight excluding hydrogens is 347 g/mol. The molecule has 1 unspecified atom stereocenters. The van der Waals surface area contributed by atoms with Crippen LogP contribution in [0, 0.1) is 0 Å². The fourth-order valence-corrected chi connectivity index (χ4v) is 1.59. The predicted molar refractivity (Wildman–Crippen MR) is 49.6 cm³/mol. The van der Waals surface area contributed by atoms with Crippen molar-refractivity contribution in [1.29, 1.82) is 0 Å². The maximum Gasteiger partial charge on any atom is -1.00 e. The normalized spacial score (nSPS) is 14.6. The van der Waals surface area contributed by atoms with E-state index in [0.29, 0.717) is 4.82 Å². The summed E-state index contributed by atoms with van der Waals surface area (Å²) in [6.45, 7) is 9.00. The van der Waals surface area contributed by atoms with Gasteiger partial charge in [-0.2, -0.15) is 0 Å². The summed E-state index contributed by atoms with van der Waals surface area (Å²) in [5, 5.41) is 0. The fraction of sp³-hybridized carbons (Fsp3) is 0.0909. The second kappa shape index (κ2) is 10.1. The molecule has 4 radical (unpaired) electrons. The maximum atomic E-state index is 7.50. The average molecular weight is 354 g/mol. The summed E-state index contributed by atoms with van der Waals surface area (Å²) in [5.74, 6) is 0. The molecule has 1 aromatic rings. The minimum atomic E-state index is 0. The van der Waals surface area contributed by atoms with Crippen LogP contribution in [0.15, 0.2) is 30.3 Å². The van der Waals surface area contributed by atoms with Gasteiger partial charge in [-0.05, 0) is 0 Å². The number of halogens is 1. The Morgan fingerprint density at radius 1 is 1.07 bits per heavy atom. The van der Waals surface area contributed by atoms with Crippen molar-refractivity contribution in [1.82, 2.24) is 0 Å². The Labute approximate surface area is 115 Å². The van der Waals surface area contributed by atoms with E-state index < -0.39 is 0 Å². The summed E-state index contributed by atoms with van der Waals surface area (Å²) in [5.41, 5.74) is 2.67. The van der Waals surface area contributed by atoms with Gasteiger partial charge in [-0.3, -0.25) is 9.59 Å². The van der Waals surface area contributed by atoms with Gasteiger partial charge in [0.2, 0.25) is 0 Å². The van der Waals surface area contributed by atoms with Gasteiger partial charge in [0.25, 0.3) is 13.6 Å². The second-order valence-electron chi connectivity index (χ2n) is 2.37. The van der Waals surface area contributed by atoms with Crippen LogP contribution in [0.25, 0.3) is 6.08 Å². The summed E-state index contributed by atoms with van der Waals surface area (Å²) in [6, 6.07) is 8.37. The molecule has 0 spiro atoms. The van der Waals surface area contributed by atoms with Crippen LogP contribution < -0.4 is 24.0 Å². The maximum absolute atomic E-state index is 7.50. The predicted octanol–water partition coefficient (Wildman–Crippen LogP) is -1.49. The van der Waals surface area contributed by atoms with Crippen molar-refractivity contribution in [3.63, 3.8) is 0 Å². The molecule has 0 saturated heterocycles. The van der Waals surface area contributed by atoms with E-state index in [4.69, 9.17) is 9.59 Å². The molecule has 0 bridgehead atoms. The first kappa shape index (κ1) is 17.0. The van der Waals surface area contributed by atoms with Crippen molar-refractivity contribution >= 4 is 19.7 Å². The fourth-order valence-electron chi connectivity index (χ4n) is 1.20. The minimum absolute atomic E-state index is 0. The van der Waals surface area contributed by atoms with Gasteiger partial charge < -0.3 is 24.0 Å². The quantitative estimate of drug-likeness (QED) is 0.421. The average Bonchev–Trinajstić information content (AvgIpc) is 2.67. The number of fused-ring (bicyclic) bond motifs is 1. The van der Waals surface area contributed by atoms with Crippen LogP contribution in [0.3, 0.4) is 0 Å². The number of allylic oxidation sites excluding steroid dienone is 1. The molecule has 0 aliphatic heterocycles. The van der Waals surface area contributed by atoms with Crippen LogP contribution in [-0.2, 0) is 25.6 Å². The topological polar surface area (TPSA) is 34.1 Å². The molecule has 4 heteroatoms. The molecule has 2 rings (SSSR count). The first-order chi connectivity index (χ1) is 6.88. The SMILES string of the molecule is [C]=O.[C]=O.[Fe+][CH]1C=Cc2ccccc21.[I-]. The van der Waals surface area contributed by atoms with Crippen molar-refractivity contribution in [2.75, 3.05) is 0 Å². The minimum Gasteiger partial charge on any atom is -1.00 e. The van der Waals surface area contributed by atoms with Crippen molar-refractivity contribution in [3.8, 4) is 0 Å². The van der Waals surface area contributed by atoms with E-state index in [-0.39, 0.29) is 24.0 Å². The Morgan fingerprint density at radius 2 is 1.60 bits per heavy atom. The Kier molecular flexibility index (Phi) is 11.4. The third kappa shape index (κ3) is 4.73. The molecule has 0 fully saturated rings. The summed E-state index contributed by atoms with van der Waals surface area (Å²) < 4.78 is 0. The molecule has 0 heterocycles. The van der Waals surface area contributed by atoms with Gasteiger partial charge in [0.05, 0.1) is 0 Å². The molecule has 0 saturated carbocycles. The van der Waals surface area contributed by atoms with E-state index in [1.807, 2.05) is 0 Å². The molecule has 0 amide bonds. The summed E-state index contributed by atoms with van der Waals surface area (Å²) >= 11 is 3.99. The zero-order chi connectivity index (χ0) is 11.0. The molecule has 2 nitrogen and oxygen atoms in total. The number of hydrogen-bond donors (Lipinski definition) is 0. The van der Waals surface area contributed by atoms with Crippen LogP contribution in [0.2, 0.25) is 0 Å². The zero-order valence-corrected chi connectivity index (χ0v) is 10.9. The molecule has 0 aromatic heterocycles. The van der Waals surface area contributed by atoms with Crippen molar-refractivity contribution in [2.45, 2.75) is 4.82 Å². The van der Waals surface area contributed by atoms with E-state index in [9.17, 15) is 0 Å². The Morgan fingerprint density at radius 3 is 2.13 bits per heavy atom. The van der Waals surface area contributed by atoms with E-state index in [0.717, 1.165) is 0 Å². The smallest absolute Gasteiger partial charge is 1.00 e. The molecule has 1 aliphatic carbocycles. The first-order valence-electron chi connectivity index (χ1n) is 3.68. The third-order valence-corrected chi connectivity index (χ3v) is 2.28. The second-order valence-corrected chi connectivity index (χ2v) is 3.06. The Balaban J connectivity index is 0. The molecule has 1 atom stereocenters. The number of carbonyl (C=O) groups excluding carboxylic acids is 2. The van der Waals surface area contributed by atoms with Crippen molar-refractivity contribution in [3.05, 3.63) is 41.5 Å². The zero-order valence-electron chi connectivity index (χ0n) is 7.59. The van der Waals surface area contributed by atoms with Crippen LogP contribution in [-0.4, -0.2) is 13.6 Å². The molecular formula is C11H7FeIO2. The number of benzene rings is 1. The van der Waals surface area contributed by atoms with Gasteiger partial charge in [-0.1, -0.05) is 0 Å². The van der Waals surface area contributed by atoms with Gasteiger partial charge in [-0.15, -0.1) is 0 Å². The summed E-state index contributed by atoms with van der Waals surface area (Å²) in [4.78, 5) is 15.4. The van der Waals surface area contributed by atoms with Crippen LogP contribution in [0.4, 0.5) is 0 Å². The van der Waals surface area contributed by atoms with E-state index in [1.54, 1.807) is 0 Å². The van der Waals surface area contributed by atoms with Crippen molar-refractivity contribution < 1.29 is 49.6 Å². The Bertz CT molecular complexity index is 313. The van der Waals surface area contributed by atoms with Gasteiger partial charge in [0.1, 0.15) is 0 Å². The van der Waals surface area contributed by atoms with Gasteiger partial charge in [-0.25, -0.2) is 0 Å². The van der Waals surface area contributed by atoms with E-state index in [1.165, 1.54) is 11.1 Å². The van der Waals surface area contributed by atoms with Gasteiger partial charge in [0, 0.05) is 0 Å². The first-order valence-corrected chi connectivity index (χ1v) is 4.32. The van der Waals surface area contributed by atoms with Gasteiger partial charge >= 0.3 is 68.4 Å². The Hall–Kier alpha value is -0.451. The van der Waals surface area contributed by atoms with Crippen LogP contribution >= 0.6 is 0 Å². The third-order valence-electron chi connectivity index (χ3n) is 1.73. The van der Waals surface area contributed by atoms with E-state index >= 15 is 0 Å². The molecule has 15 heavy (non-hydrogen) atoms. The van der Waals surface area contributed by atoms with E-state index in [2.05, 4.69) is 66.0 Å². The summed E-state index contributed by atoms with van der Waals surface area (Å²) in [7, 11) is 0. The van der Waals surface area contributed by atoms with Crippen LogP contribution in [0.5, 0.6) is 0 Å². The number of rotatable bonds is 0. The summed E-state index contributed by atoms with van der Waals surface area (Å²) in [6.07, 6.45) is 4.26. The molecule has 78 valence electrons. The monoisotopic (exact) mass is 354 g/mol. The van der Waals surface area contributed by atoms with Gasteiger partial charge in [0.15, 0.2) is 0 Å². The molecule has 1 aromatic carbocycles. The van der Waals surface area contributed by atoms with Crippen LogP contribution in [0.1, 0.15) is 15.9 Å². The standard InChI is InChI=1S/C9H7.2CO.Fe.HI/c1-2-5-9-7-3-6-8(9)4-1;2*1-2;;/h1-7H;;;;1H/q;;;+1;/p-1. The van der Waals surface area contributed by atoms with Crippen molar-refractivity contribution in [2.24, 2.45) is 0 Å². The molecule has 1 aliphatic rings. The molecule has 0 N–H and O–H groups in total. The largest absolute Gasteiger partial charge is 1.00 e.